The van der Waals surface area contributed by atoms with Gasteiger partial charge in [-0.15, -0.1) is 0 Å². The molecule has 56 heavy (non-hydrogen) atoms. The SMILES string of the molecule is c1ccc(-c2nc(-c3ccccc3)nc(-c3cc(-c4ccc5c(c4)c4ccccc4n5-c4ccccc4)cc4c3c3ccccc3n4-c3ccccc3)n2)cc1. The third-order valence-corrected chi connectivity index (χ3v) is 10.7. The Morgan fingerprint density at radius 1 is 0.286 bits per heavy atom. The van der Waals surface area contributed by atoms with Gasteiger partial charge in [0.25, 0.3) is 0 Å². The molecule has 3 aromatic heterocycles. The lowest BCUT2D eigenvalue weighted by atomic mass is 9.97. The van der Waals surface area contributed by atoms with Crippen LogP contribution < -0.4 is 0 Å². The molecule has 0 unspecified atom stereocenters. The van der Waals surface area contributed by atoms with Gasteiger partial charge in [-0.2, -0.15) is 0 Å². The Morgan fingerprint density at radius 2 is 0.750 bits per heavy atom. The van der Waals surface area contributed by atoms with Crippen LogP contribution in [0.3, 0.4) is 0 Å². The summed E-state index contributed by atoms with van der Waals surface area (Å²) in [6, 6.07) is 70.4. The van der Waals surface area contributed by atoms with Crippen molar-refractivity contribution in [3.05, 3.63) is 200 Å². The molecular formula is C51H33N5. The number of fused-ring (bicyclic) bond motifs is 6. The molecule has 0 N–H and O–H groups in total. The summed E-state index contributed by atoms with van der Waals surface area (Å²) >= 11 is 0. The first-order chi connectivity index (χ1) is 27.8. The Kier molecular flexibility index (Phi) is 7.42. The lowest BCUT2D eigenvalue weighted by Crippen LogP contribution is -2.01. The maximum atomic E-state index is 5.27. The first-order valence-electron chi connectivity index (χ1n) is 18.9. The molecule has 0 bridgehead atoms. The summed E-state index contributed by atoms with van der Waals surface area (Å²) < 4.78 is 4.73. The topological polar surface area (TPSA) is 48.5 Å². The second kappa shape index (κ2) is 13.0. The number of aromatic nitrogens is 5. The van der Waals surface area contributed by atoms with Crippen LogP contribution in [0.5, 0.6) is 0 Å². The van der Waals surface area contributed by atoms with Crippen molar-refractivity contribution in [3.63, 3.8) is 0 Å². The van der Waals surface area contributed by atoms with Crippen LogP contribution >= 0.6 is 0 Å². The smallest absolute Gasteiger partial charge is 0.164 e. The largest absolute Gasteiger partial charge is 0.309 e. The Balaban J connectivity index is 1.23. The Morgan fingerprint density at radius 3 is 1.36 bits per heavy atom. The van der Waals surface area contributed by atoms with E-state index in [1.807, 2.05) is 36.4 Å². The summed E-state index contributed by atoms with van der Waals surface area (Å²) in [4.78, 5) is 15.6. The summed E-state index contributed by atoms with van der Waals surface area (Å²) in [6.07, 6.45) is 0. The number of hydrogen-bond donors (Lipinski definition) is 0. The Hall–Kier alpha value is -7.63. The van der Waals surface area contributed by atoms with Crippen LogP contribution in [0, 0.1) is 0 Å². The van der Waals surface area contributed by atoms with Crippen LogP contribution in [-0.4, -0.2) is 24.1 Å². The van der Waals surface area contributed by atoms with Gasteiger partial charge < -0.3 is 9.13 Å². The first kappa shape index (κ1) is 31.9. The van der Waals surface area contributed by atoms with Gasteiger partial charge in [-0.3, -0.25) is 0 Å². The molecular weight excluding hydrogens is 683 g/mol. The molecule has 11 rings (SSSR count). The van der Waals surface area contributed by atoms with Crippen LogP contribution in [0.2, 0.25) is 0 Å². The number of benzene rings is 8. The van der Waals surface area contributed by atoms with Crippen molar-refractivity contribution in [2.75, 3.05) is 0 Å². The molecule has 0 amide bonds. The minimum absolute atomic E-state index is 0.627. The van der Waals surface area contributed by atoms with E-state index in [0.29, 0.717) is 17.5 Å². The average Bonchev–Trinajstić information content (AvgIpc) is 3.80. The summed E-state index contributed by atoms with van der Waals surface area (Å²) in [7, 11) is 0. The molecule has 0 saturated carbocycles. The number of hydrogen-bond acceptors (Lipinski definition) is 3. The number of nitrogens with zero attached hydrogens (tertiary/aromatic N) is 5. The molecule has 0 spiro atoms. The van der Waals surface area contributed by atoms with Crippen molar-refractivity contribution in [1.29, 1.82) is 0 Å². The molecule has 11 aromatic rings. The second-order valence-corrected chi connectivity index (χ2v) is 14.1. The van der Waals surface area contributed by atoms with E-state index >= 15 is 0 Å². The standard InChI is InChI=1S/C51H33N5/c1-5-17-34(18-6-1)49-52-50(35-19-7-2-8-20-35)54-51(53-49)43-32-37(33-47-48(43)41-26-14-16-28-45(41)56(47)39-23-11-4-12-24-39)36-29-30-46-42(31-36)40-25-13-15-27-44(40)55(46)38-21-9-3-10-22-38/h1-33H. The van der Waals surface area contributed by atoms with Crippen molar-refractivity contribution in [1.82, 2.24) is 24.1 Å². The van der Waals surface area contributed by atoms with Gasteiger partial charge >= 0.3 is 0 Å². The maximum Gasteiger partial charge on any atom is 0.164 e. The van der Waals surface area contributed by atoms with E-state index in [2.05, 4.69) is 173 Å². The molecule has 3 heterocycles. The van der Waals surface area contributed by atoms with E-state index in [9.17, 15) is 0 Å². The Bertz CT molecular complexity index is 3160. The fraction of sp³-hybridized carbons (Fsp3) is 0. The zero-order chi connectivity index (χ0) is 37.0. The van der Waals surface area contributed by atoms with E-state index in [4.69, 9.17) is 15.0 Å². The highest BCUT2D eigenvalue weighted by Gasteiger charge is 2.22. The van der Waals surface area contributed by atoms with Gasteiger partial charge in [-0.25, -0.2) is 15.0 Å². The number of para-hydroxylation sites is 4. The highest BCUT2D eigenvalue weighted by molar-refractivity contribution is 6.17. The van der Waals surface area contributed by atoms with Crippen molar-refractivity contribution < 1.29 is 0 Å². The lowest BCUT2D eigenvalue weighted by molar-refractivity contribution is 1.08. The van der Waals surface area contributed by atoms with E-state index in [1.54, 1.807) is 0 Å². The van der Waals surface area contributed by atoms with Gasteiger partial charge in [-0.1, -0.05) is 140 Å². The monoisotopic (exact) mass is 715 g/mol. The molecule has 0 fully saturated rings. The summed E-state index contributed by atoms with van der Waals surface area (Å²) in [5.41, 5.74) is 11.8. The van der Waals surface area contributed by atoms with Crippen LogP contribution in [0.1, 0.15) is 0 Å². The van der Waals surface area contributed by atoms with Gasteiger partial charge in [0, 0.05) is 49.6 Å². The predicted octanol–water partition coefficient (Wildman–Crippen LogP) is 12.7. The van der Waals surface area contributed by atoms with Crippen LogP contribution in [-0.2, 0) is 0 Å². The van der Waals surface area contributed by atoms with Gasteiger partial charge in [0.2, 0.25) is 0 Å². The quantitative estimate of drug-likeness (QED) is 0.172. The van der Waals surface area contributed by atoms with E-state index in [-0.39, 0.29) is 0 Å². The molecule has 0 radical (unpaired) electrons. The molecule has 262 valence electrons. The van der Waals surface area contributed by atoms with Crippen LogP contribution in [0.4, 0.5) is 0 Å². The van der Waals surface area contributed by atoms with Gasteiger partial charge in [0.05, 0.1) is 22.1 Å². The molecule has 0 aliphatic carbocycles. The molecule has 0 aliphatic heterocycles. The molecule has 5 heteroatoms. The predicted molar refractivity (Wildman–Crippen MR) is 230 cm³/mol. The van der Waals surface area contributed by atoms with Crippen LogP contribution in [0.25, 0.3) is 100 Å². The van der Waals surface area contributed by atoms with Crippen molar-refractivity contribution >= 4 is 43.6 Å². The first-order valence-corrected chi connectivity index (χ1v) is 18.9. The van der Waals surface area contributed by atoms with E-state index in [1.165, 1.54) is 21.8 Å². The molecule has 0 atom stereocenters. The minimum atomic E-state index is 0.627. The minimum Gasteiger partial charge on any atom is -0.309 e. The molecule has 8 aromatic carbocycles. The highest BCUT2D eigenvalue weighted by atomic mass is 15.0. The maximum absolute atomic E-state index is 5.27. The summed E-state index contributed by atoms with van der Waals surface area (Å²) in [6.45, 7) is 0. The normalized spacial score (nSPS) is 11.6. The van der Waals surface area contributed by atoms with Gasteiger partial charge in [0.15, 0.2) is 17.5 Å². The molecule has 0 saturated heterocycles. The van der Waals surface area contributed by atoms with E-state index < -0.39 is 0 Å². The highest BCUT2D eigenvalue weighted by Crippen LogP contribution is 2.42. The Labute approximate surface area is 323 Å². The summed E-state index contributed by atoms with van der Waals surface area (Å²) in [5.74, 6) is 1.90. The van der Waals surface area contributed by atoms with E-state index in [0.717, 1.165) is 61.0 Å². The van der Waals surface area contributed by atoms with Gasteiger partial charge in [0.1, 0.15) is 0 Å². The summed E-state index contributed by atoms with van der Waals surface area (Å²) in [5, 5.41) is 4.65. The zero-order valence-corrected chi connectivity index (χ0v) is 30.3. The van der Waals surface area contributed by atoms with Crippen LogP contribution in [0.15, 0.2) is 200 Å². The molecule has 5 nitrogen and oxygen atoms in total. The third kappa shape index (κ3) is 5.21. The van der Waals surface area contributed by atoms with Gasteiger partial charge in [-0.05, 0) is 71.8 Å². The zero-order valence-electron chi connectivity index (χ0n) is 30.3. The average molecular weight is 716 g/mol. The second-order valence-electron chi connectivity index (χ2n) is 14.1. The third-order valence-electron chi connectivity index (χ3n) is 10.7. The van der Waals surface area contributed by atoms with Crippen molar-refractivity contribution in [2.45, 2.75) is 0 Å². The fourth-order valence-corrected chi connectivity index (χ4v) is 8.23. The lowest BCUT2D eigenvalue weighted by Gasteiger charge is -2.13. The van der Waals surface area contributed by atoms with Crippen molar-refractivity contribution in [3.8, 4) is 56.7 Å². The fourth-order valence-electron chi connectivity index (χ4n) is 8.23. The number of rotatable bonds is 6. The van der Waals surface area contributed by atoms with Crippen molar-refractivity contribution in [2.24, 2.45) is 0 Å². The molecule has 0 aliphatic rings.